The number of amides is 1. The van der Waals surface area contributed by atoms with Crippen LogP contribution in [0.15, 0.2) is 22.7 Å². The summed E-state index contributed by atoms with van der Waals surface area (Å²) in [4.78, 5) is 16.5. The molecule has 0 unspecified atom stereocenters. The minimum Gasteiger partial charge on any atom is -0.361 e. The Balaban J connectivity index is 1.65. The molecule has 3 rings (SSSR count). The van der Waals surface area contributed by atoms with Gasteiger partial charge in [0.1, 0.15) is 5.76 Å². The molecular weight excluding hydrogens is 298 g/mol. The number of thiazole rings is 1. The molecule has 0 saturated heterocycles. The first kappa shape index (κ1) is 14.7. The maximum absolute atomic E-state index is 12.1. The van der Waals surface area contributed by atoms with Crippen molar-refractivity contribution in [2.45, 2.75) is 33.6 Å². The largest absolute Gasteiger partial charge is 0.361 e. The predicted octanol–water partition coefficient (Wildman–Crippen LogP) is 3.78. The molecule has 0 fully saturated rings. The van der Waals surface area contributed by atoms with Gasteiger partial charge in [0.2, 0.25) is 5.91 Å². The van der Waals surface area contributed by atoms with E-state index in [1.165, 1.54) is 16.9 Å². The minimum atomic E-state index is -0.0456. The molecule has 0 aliphatic heterocycles. The van der Waals surface area contributed by atoms with Crippen molar-refractivity contribution in [3.8, 4) is 0 Å². The third-order valence-electron chi connectivity index (χ3n) is 3.57. The molecule has 0 aliphatic rings. The number of hydrogen-bond acceptors (Lipinski definition) is 5. The van der Waals surface area contributed by atoms with Gasteiger partial charge in [-0.2, -0.15) is 0 Å². The van der Waals surface area contributed by atoms with E-state index in [1.807, 2.05) is 32.9 Å². The molecular formula is C16H17N3O2S. The van der Waals surface area contributed by atoms with Crippen LogP contribution in [0, 0.1) is 20.8 Å². The van der Waals surface area contributed by atoms with Crippen LogP contribution in [0.3, 0.4) is 0 Å². The lowest BCUT2D eigenvalue weighted by molar-refractivity contribution is -0.116. The molecule has 0 aliphatic carbocycles. The number of carbonyl (C=O) groups is 1. The van der Waals surface area contributed by atoms with Gasteiger partial charge in [-0.1, -0.05) is 22.6 Å². The van der Waals surface area contributed by atoms with Crippen LogP contribution >= 0.6 is 11.3 Å². The fourth-order valence-corrected chi connectivity index (χ4v) is 3.34. The number of aryl methyl sites for hydroxylation is 3. The molecule has 114 valence electrons. The van der Waals surface area contributed by atoms with Crippen molar-refractivity contribution in [3.05, 3.63) is 40.8 Å². The van der Waals surface area contributed by atoms with E-state index in [9.17, 15) is 4.79 Å². The zero-order valence-electron chi connectivity index (χ0n) is 12.8. The molecule has 5 nitrogen and oxygen atoms in total. The first-order valence-electron chi connectivity index (χ1n) is 7.12. The molecule has 0 saturated carbocycles. The summed E-state index contributed by atoms with van der Waals surface area (Å²) in [6.45, 7) is 5.80. The van der Waals surface area contributed by atoms with E-state index in [-0.39, 0.29) is 5.91 Å². The smallest absolute Gasteiger partial charge is 0.226 e. The third-order valence-corrected chi connectivity index (χ3v) is 4.51. The van der Waals surface area contributed by atoms with Gasteiger partial charge in [-0.05, 0) is 44.9 Å². The summed E-state index contributed by atoms with van der Waals surface area (Å²) in [6, 6.07) is 6.07. The zero-order chi connectivity index (χ0) is 15.7. The quantitative estimate of drug-likeness (QED) is 0.795. The number of benzene rings is 1. The number of nitrogens with zero attached hydrogens (tertiary/aromatic N) is 2. The van der Waals surface area contributed by atoms with E-state index in [1.54, 1.807) is 0 Å². The first-order chi connectivity index (χ1) is 10.5. The standard InChI is InChI=1S/C16H17N3O2S/c1-9-4-6-13-14(8-9)22-16(17-13)18-15(20)7-5-12-10(2)19-21-11(12)3/h4,6,8H,5,7H2,1-3H3,(H,17,18,20). The van der Waals surface area contributed by atoms with Crippen molar-refractivity contribution < 1.29 is 9.32 Å². The van der Waals surface area contributed by atoms with Crippen molar-refractivity contribution in [2.75, 3.05) is 5.32 Å². The Hall–Kier alpha value is -2.21. The average Bonchev–Trinajstić information content (AvgIpc) is 3.00. The van der Waals surface area contributed by atoms with Gasteiger partial charge in [0.15, 0.2) is 5.13 Å². The lowest BCUT2D eigenvalue weighted by Crippen LogP contribution is -2.12. The molecule has 3 aromatic rings. The summed E-state index contributed by atoms with van der Waals surface area (Å²) in [5.74, 6) is 0.733. The summed E-state index contributed by atoms with van der Waals surface area (Å²) in [7, 11) is 0. The maximum atomic E-state index is 12.1. The molecule has 2 aromatic heterocycles. The van der Waals surface area contributed by atoms with Gasteiger partial charge in [-0.25, -0.2) is 4.98 Å². The highest BCUT2D eigenvalue weighted by atomic mass is 32.1. The van der Waals surface area contributed by atoms with Crippen LogP contribution in [-0.4, -0.2) is 16.0 Å². The maximum Gasteiger partial charge on any atom is 0.226 e. The second-order valence-corrected chi connectivity index (χ2v) is 6.37. The summed E-state index contributed by atoms with van der Waals surface area (Å²) >= 11 is 1.50. The molecule has 22 heavy (non-hydrogen) atoms. The molecule has 0 radical (unpaired) electrons. The summed E-state index contributed by atoms with van der Waals surface area (Å²) in [6.07, 6.45) is 1.01. The van der Waals surface area contributed by atoms with E-state index in [2.05, 4.69) is 21.5 Å². The van der Waals surface area contributed by atoms with Gasteiger partial charge in [-0.15, -0.1) is 0 Å². The number of fused-ring (bicyclic) bond motifs is 1. The van der Waals surface area contributed by atoms with Crippen LogP contribution in [0.25, 0.3) is 10.2 Å². The van der Waals surface area contributed by atoms with Crippen molar-refractivity contribution in [3.63, 3.8) is 0 Å². The van der Waals surface area contributed by atoms with E-state index >= 15 is 0 Å². The van der Waals surface area contributed by atoms with Crippen molar-refractivity contribution in [1.82, 2.24) is 10.1 Å². The SMILES string of the molecule is Cc1ccc2nc(NC(=O)CCc3c(C)noc3C)sc2c1. The Labute approximate surface area is 132 Å². The summed E-state index contributed by atoms with van der Waals surface area (Å²) in [5, 5.41) is 7.41. The van der Waals surface area contributed by atoms with Gasteiger partial charge in [0.05, 0.1) is 15.9 Å². The average molecular weight is 315 g/mol. The van der Waals surface area contributed by atoms with Crippen LogP contribution in [-0.2, 0) is 11.2 Å². The van der Waals surface area contributed by atoms with Gasteiger partial charge in [0.25, 0.3) is 0 Å². The molecule has 6 heteroatoms. The fraction of sp³-hybridized carbons (Fsp3) is 0.312. The van der Waals surface area contributed by atoms with Crippen LogP contribution in [0.1, 0.15) is 29.0 Å². The summed E-state index contributed by atoms with van der Waals surface area (Å²) in [5.41, 5.74) is 3.96. The van der Waals surface area contributed by atoms with Gasteiger partial charge < -0.3 is 9.84 Å². The monoisotopic (exact) mass is 315 g/mol. The van der Waals surface area contributed by atoms with Crippen molar-refractivity contribution in [2.24, 2.45) is 0 Å². The van der Waals surface area contributed by atoms with Crippen molar-refractivity contribution >= 4 is 32.6 Å². The van der Waals surface area contributed by atoms with Gasteiger partial charge >= 0.3 is 0 Å². The third kappa shape index (κ3) is 3.01. The number of carbonyl (C=O) groups excluding carboxylic acids is 1. The molecule has 0 bridgehead atoms. The lowest BCUT2D eigenvalue weighted by Gasteiger charge is -2.01. The normalized spacial score (nSPS) is 11.0. The predicted molar refractivity (Wildman–Crippen MR) is 87.3 cm³/mol. The number of nitrogens with one attached hydrogen (secondary N) is 1. The molecule has 2 heterocycles. The minimum absolute atomic E-state index is 0.0456. The Morgan fingerprint density at radius 3 is 2.86 bits per heavy atom. The van der Waals surface area contributed by atoms with Crippen LogP contribution in [0.2, 0.25) is 0 Å². The summed E-state index contributed by atoms with van der Waals surface area (Å²) < 4.78 is 6.19. The highest BCUT2D eigenvalue weighted by molar-refractivity contribution is 7.22. The Kier molecular flexibility index (Phi) is 3.94. The van der Waals surface area contributed by atoms with Gasteiger partial charge in [0, 0.05) is 12.0 Å². The van der Waals surface area contributed by atoms with E-state index in [0.717, 1.165) is 27.2 Å². The zero-order valence-corrected chi connectivity index (χ0v) is 13.6. The number of aromatic nitrogens is 2. The lowest BCUT2D eigenvalue weighted by atomic mass is 10.1. The van der Waals surface area contributed by atoms with Crippen molar-refractivity contribution in [1.29, 1.82) is 0 Å². The first-order valence-corrected chi connectivity index (χ1v) is 7.93. The number of rotatable bonds is 4. The number of hydrogen-bond donors (Lipinski definition) is 1. The second kappa shape index (κ2) is 5.88. The van der Waals surface area contributed by atoms with Crippen LogP contribution in [0.4, 0.5) is 5.13 Å². The van der Waals surface area contributed by atoms with E-state index < -0.39 is 0 Å². The van der Waals surface area contributed by atoms with Gasteiger partial charge in [-0.3, -0.25) is 4.79 Å². The molecule has 0 atom stereocenters. The fourth-order valence-electron chi connectivity index (χ4n) is 2.36. The Morgan fingerprint density at radius 1 is 1.32 bits per heavy atom. The van der Waals surface area contributed by atoms with E-state index in [0.29, 0.717) is 18.0 Å². The number of anilines is 1. The molecule has 1 amide bonds. The second-order valence-electron chi connectivity index (χ2n) is 5.34. The topological polar surface area (TPSA) is 68.0 Å². The van der Waals surface area contributed by atoms with Crippen LogP contribution < -0.4 is 5.32 Å². The highest BCUT2D eigenvalue weighted by Gasteiger charge is 2.12. The Bertz CT molecular complexity index is 816. The molecule has 1 aromatic carbocycles. The van der Waals surface area contributed by atoms with Crippen LogP contribution in [0.5, 0.6) is 0 Å². The Morgan fingerprint density at radius 2 is 2.14 bits per heavy atom. The highest BCUT2D eigenvalue weighted by Crippen LogP contribution is 2.26. The molecule has 0 spiro atoms. The molecule has 1 N–H and O–H groups in total. The van der Waals surface area contributed by atoms with E-state index in [4.69, 9.17) is 4.52 Å².